The number of carboxylic acids is 1. The maximum Gasteiger partial charge on any atom is 0.326 e. The Morgan fingerprint density at radius 1 is 1.18 bits per heavy atom. The number of carboxylic acid groups (broad SMARTS) is 1. The van der Waals surface area contributed by atoms with Gasteiger partial charge in [-0.15, -0.1) is 0 Å². The van der Waals surface area contributed by atoms with Gasteiger partial charge in [0.1, 0.15) is 11.7 Å². The molecule has 1 aromatic rings. The first kappa shape index (κ1) is 21.1. The summed E-state index contributed by atoms with van der Waals surface area (Å²) < 4.78 is 0. The average molecular weight is 392 g/mol. The minimum absolute atomic E-state index is 0.0183. The molecule has 1 fully saturated rings. The molecule has 0 aromatic heterocycles. The number of anilines is 1. The zero-order chi connectivity index (χ0) is 21.0. The first-order valence-corrected chi connectivity index (χ1v) is 8.94. The highest BCUT2D eigenvalue weighted by Gasteiger charge is 2.28. The van der Waals surface area contributed by atoms with E-state index in [4.69, 9.17) is 0 Å². The lowest BCUT2D eigenvalue weighted by Crippen LogP contribution is -2.48. The Bertz CT molecular complexity index is 786. The summed E-state index contributed by atoms with van der Waals surface area (Å²) in [4.78, 5) is 49.5. The van der Waals surface area contributed by atoms with Gasteiger partial charge < -0.3 is 20.2 Å². The second-order valence-electron chi connectivity index (χ2n) is 6.99. The minimum atomic E-state index is -1.17. The van der Waals surface area contributed by atoms with Crippen molar-refractivity contribution < 1.29 is 24.4 Å². The van der Waals surface area contributed by atoms with E-state index in [2.05, 4.69) is 5.32 Å². The van der Waals surface area contributed by atoms with E-state index in [0.717, 1.165) is 6.07 Å². The molecule has 28 heavy (non-hydrogen) atoms. The molecule has 0 saturated carbocycles. The van der Waals surface area contributed by atoms with Crippen LogP contribution >= 0.6 is 0 Å². The minimum Gasteiger partial charge on any atom is -0.480 e. The number of hydrogen-bond donors (Lipinski definition) is 2. The Morgan fingerprint density at radius 3 is 2.25 bits per heavy atom. The van der Waals surface area contributed by atoms with Crippen molar-refractivity contribution >= 4 is 29.2 Å². The molecule has 0 aliphatic carbocycles. The van der Waals surface area contributed by atoms with Gasteiger partial charge in [-0.3, -0.25) is 19.7 Å². The average Bonchev–Trinajstić information content (AvgIpc) is 2.64. The van der Waals surface area contributed by atoms with Crippen LogP contribution in [-0.4, -0.2) is 64.9 Å². The van der Waals surface area contributed by atoms with E-state index in [0.29, 0.717) is 31.9 Å². The molecule has 0 radical (unpaired) electrons. The Hall–Kier alpha value is -3.17. The Morgan fingerprint density at radius 2 is 1.79 bits per heavy atom. The summed E-state index contributed by atoms with van der Waals surface area (Å²) in [5.41, 5.74) is 0.147. The highest BCUT2D eigenvalue weighted by atomic mass is 16.6. The molecule has 2 amide bonds. The van der Waals surface area contributed by atoms with Gasteiger partial charge in [-0.25, -0.2) is 4.79 Å². The summed E-state index contributed by atoms with van der Waals surface area (Å²) in [7, 11) is 0. The number of piperazine rings is 1. The third-order valence-electron chi connectivity index (χ3n) is 4.72. The number of carbonyl (C=O) groups is 3. The molecule has 0 bridgehead atoms. The number of rotatable bonds is 6. The van der Waals surface area contributed by atoms with Gasteiger partial charge in [0.05, 0.1) is 4.92 Å². The maximum atomic E-state index is 12.4. The molecule has 10 heteroatoms. The molecule has 2 rings (SSSR count). The maximum absolute atomic E-state index is 12.4. The molecular formula is C18H24N4O6. The summed E-state index contributed by atoms with van der Waals surface area (Å²) in [5, 5.41) is 23.1. The van der Waals surface area contributed by atoms with Crippen LogP contribution in [0.1, 0.15) is 31.1 Å². The van der Waals surface area contributed by atoms with Crippen LogP contribution in [0.15, 0.2) is 18.2 Å². The number of amides is 2. The highest BCUT2D eigenvalue weighted by Crippen LogP contribution is 2.30. The van der Waals surface area contributed by atoms with E-state index in [1.165, 1.54) is 19.1 Å². The third-order valence-corrected chi connectivity index (χ3v) is 4.72. The van der Waals surface area contributed by atoms with Crippen LogP contribution in [0.2, 0.25) is 0 Å². The fourth-order valence-electron chi connectivity index (χ4n) is 3.08. The summed E-state index contributed by atoms with van der Waals surface area (Å²) in [6, 6.07) is 2.99. The monoisotopic (exact) mass is 392 g/mol. The highest BCUT2D eigenvalue weighted by molar-refractivity contribution is 5.98. The molecule has 1 aliphatic rings. The van der Waals surface area contributed by atoms with E-state index in [9.17, 15) is 29.6 Å². The van der Waals surface area contributed by atoms with Gasteiger partial charge in [0.15, 0.2) is 0 Å². The molecule has 1 aliphatic heterocycles. The summed E-state index contributed by atoms with van der Waals surface area (Å²) in [6.45, 7) is 6.61. The van der Waals surface area contributed by atoms with Crippen LogP contribution in [0, 0.1) is 16.0 Å². The van der Waals surface area contributed by atoms with Gasteiger partial charge in [0.2, 0.25) is 5.91 Å². The summed E-state index contributed by atoms with van der Waals surface area (Å²) in [6.07, 6.45) is 0. The van der Waals surface area contributed by atoms with Gasteiger partial charge in [0.25, 0.3) is 11.6 Å². The predicted molar refractivity (Wildman–Crippen MR) is 101 cm³/mol. The van der Waals surface area contributed by atoms with Crippen LogP contribution in [0.3, 0.4) is 0 Å². The van der Waals surface area contributed by atoms with Crippen LogP contribution in [0.5, 0.6) is 0 Å². The van der Waals surface area contributed by atoms with Crippen molar-refractivity contribution in [1.29, 1.82) is 0 Å². The molecule has 1 atom stereocenters. The molecule has 10 nitrogen and oxygen atoms in total. The largest absolute Gasteiger partial charge is 0.480 e. The molecule has 1 aromatic carbocycles. The van der Waals surface area contributed by atoms with Crippen molar-refractivity contribution in [1.82, 2.24) is 10.2 Å². The number of hydrogen-bond acceptors (Lipinski definition) is 6. The summed E-state index contributed by atoms with van der Waals surface area (Å²) >= 11 is 0. The standard InChI is InChI=1S/C18H24N4O6/c1-11(2)16(18(25)26)19-17(24)13-4-5-14(15(10-13)22(27)28)21-8-6-20(7-9-21)12(3)23/h4-5,10-11,16H,6-9H2,1-3H3,(H,19,24)(H,25,26)/t16-/m1/s1. The molecule has 2 N–H and O–H groups in total. The number of carbonyl (C=O) groups excluding carboxylic acids is 2. The van der Waals surface area contributed by atoms with Crippen molar-refractivity contribution in [3.8, 4) is 0 Å². The summed E-state index contributed by atoms with van der Waals surface area (Å²) in [5.74, 6) is -2.23. The van der Waals surface area contributed by atoms with Crippen molar-refractivity contribution in [2.45, 2.75) is 26.8 Å². The fraction of sp³-hybridized carbons (Fsp3) is 0.500. The number of nitro groups is 1. The van der Waals surface area contributed by atoms with Gasteiger partial charge in [0, 0.05) is 44.7 Å². The van der Waals surface area contributed by atoms with Gasteiger partial charge in [-0.1, -0.05) is 13.8 Å². The van der Waals surface area contributed by atoms with Crippen molar-refractivity contribution in [2.75, 3.05) is 31.1 Å². The zero-order valence-corrected chi connectivity index (χ0v) is 16.0. The van der Waals surface area contributed by atoms with Crippen LogP contribution in [0.25, 0.3) is 0 Å². The second kappa shape index (κ2) is 8.68. The Kier molecular flexibility index (Phi) is 6.55. The number of nitrogens with one attached hydrogen (secondary N) is 1. The van der Waals surface area contributed by atoms with Crippen LogP contribution in [-0.2, 0) is 9.59 Å². The van der Waals surface area contributed by atoms with E-state index in [-0.39, 0.29) is 23.1 Å². The number of nitro benzene ring substituents is 1. The zero-order valence-electron chi connectivity index (χ0n) is 16.0. The lowest BCUT2D eigenvalue weighted by Gasteiger charge is -2.35. The topological polar surface area (TPSA) is 133 Å². The fourth-order valence-corrected chi connectivity index (χ4v) is 3.08. The molecule has 0 spiro atoms. The molecule has 0 unspecified atom stereocenters. The number of aliphatic carboxylic acids is 1. The lowest BCUT2D eigenvalue weighted by atomic mass is 10.0. The Balaban J connectivity index is 2.23. The van der Waals surface area contributed by atoms with Gasteiger partial charge >= 0.3 is 5.97 Å². The quantitative estimate of drug-likeness (QED) is 0.547. The van der Waals surface area contributed by atoms with Crippen LogP contribution in [0.4, 0.5) is 11.4 Å². The SMILES string of the molecule is CC(=O)N1CCN(c2ccc(C(=O)N[C@@H](C(=O)O)C(C)C)cc2[N+](=O)[O-])CC1. The number of benzene rings is 1. The molecular weight excluding hydrogens is 368 g/mol. The lowest BCUT2D eigenvalue weighted by molar-refractivity contribution is -0.384. The van der Waals surface area contributed by atoms with Crippen molar-refractivity contribution in [3.05, 3.63) is 33.9 Å². The van der Waals surface area contributed by atoms with E-state index in [1.807, 2.05) is 0 Å². The first-order valence-electron chi connectivity index (χ1n) is 8.94. The van der Waals surface area contributed by atoms with Crippen molar-refractivity contribution in [2.24, 2.45) is 5.92 Å². The van der Waals surface area contributed by atoms with Crippen LogP contribution < -0.4 is 10.2 Å². The van der Waals surface area contributed by atoms with Gasteiger partial charge in [-0.2, -0.15) is 0 Å². The smallest absolute Gasteiger partial charge is 0.326 e. The first-order chi connectivity index (χ1) is 13.1. The molecule has 1 heterocycles. The third kappa shape index (κ3) is 4.76. The van der Waals surface area contributed by atoms with E-state index in [1.54, 1.807) is 23.6 Å². The normalized spacial score (nSPS) is 15.3. The predicted octanol–water partition coefficient (Wildman–Crippen LogP) is 1.10. The van der Waals surface area contributed by atoms with E-state index >= 15 is 0 Å². The second-order valence-corrected chi connectivity index (χ2v) is 6.99. The van der Waals surface area contributed by atoms with Gasteiger partial charge in [-0.05, 0) is 18.1 Å². The number of nitrogens with zero attached hydrogens (tertiary/aromatic N) is 3. The van der Waals surface area contributed by atoms with E-state index < -0.39 is 22.8 Å². The molecule has 152 valence electrons. The van der Waals surface area contributed by atoms with Crippen molar-refractivity contribution in [3.63, 3.8) is 0 Å². The Labute approximate surface area is 162 Å². The molecule has 1 saturated heterocycles.